The SMILES string of the molecule is Cc1c(S)sc(S)cc1=O. The van der Waals surface area contributed by atoms with Gasteiger partial charge in [0.05, 0.1) is 8.42 Å². The minimum absolute atomic E-state index is 0.00810. The van der Waals surface area contributed by atoms with Gasteiger partial charge in [-0.1, -0.05) is 0 Å². The van der Waals surface area contributed by atoms with E-state index in [4.69, 9.17) is 0 Å². The molecule has 0 saturated carbocycles. The van der Waals surface area contributed by atoms with Crippen LogP contribution >= 0.6 is 36.6 Å². The highest BCUT2D eigenvalue weighted by molar-refractivity contribution is 7.85. The van der Waals surface area contributed by atoms with Crippen LogP contribution in [0.1, 0.15) is 5.56 Å². The first-order valence-electron chi connectivity index (χ1n) is 2.64. The molecule has 1 heterocycles. The van der Waals surface area contributed by atoms with E-state index in [1.165, 1.54) is 17.4 Å². The maximum Gasteiger partial charge on any atom is 0.185 e. The molecular weight excluding hydrogens is 184 g/mol. The molecule has 0 aliphatic rings. The van der Waals surface area contributed by atoms with Crippen molar-refractivity contribution in [2.24, 2.45) is 0 Å². The second-order valence-corrected chi connectivity index (χ2v) is 4.47. The van der Waals surface area contributed by atoms with Crippen LogP contribution in [0.25, 0.3) is 0 Å². The largest absolute Gasteiger partial charge is 0.290 e. The monoisotopic (exact) mass is 190 g/mol. The lowest BCUT2D eigenvalue weighted by molar-refractivity contribution is 1.32. The highest BCUT2D eigenvalue weighted by atomic mass is 32.2. The summed E-state index contributed by atoms with van der Waals surface area (Å²) in [5.74, 6) is 0. The summed E-state index contributed by atoms with van der Waals surface area (Å²) in [6, 6.07) is 1.50. The summed E-state index contributed by atoms with van der Waals surface area (Å²) >= 11 is 9.55. The van der Waals surface area contributed by atoms with Crippen LogP contribution in [0.15, 0.2) is 19.3 Å². The molecule has 0 unspecified atom stereocenters. The van der Waals surface area contributed by atoms with Crippen molar-refractivity contribution in [2.75, 3.05) is 0 Å². The van der Waals surface area contributed by atoms with E-state index in [0.29, 0.717) is 9.77 Å². The Morgan fingerprint density at radius 1 is 1.50 bits per heavy atom. The molecule has 0 amide bonds. The molecule has 0 saturated heterocycles. The highest BCUT2D eigenvalue weighted by Gasteiger charge is 1.99. The van der Waals surface area contributed by atoms with Crippen LogP contribution in [0.4, 0.5) is 0 Å². The van der Waals surface area contributed by atoms with Crippen molar-refractivity contribution in [2.45, 2.75) is 15.3 Å². The second-order valence-electron chi connectivity index (χ2n) is 1.88. The molecule has 0 aliphatic heterocycles. The van der Waals surface area contributed by atoms with Gasteiger partial charge in [-0.15, -0.1) is 36.6 Å². The van der Waals surface area contributed by atoms with Crippen LogP contribution < -0.4 is 5.43 Å². The molecule has 0 bridgehead atoms. The first kappa shape index (κ1) is 8.17. The van der Waals surface area contributed by atoms with Gasteiger partial charge in [0.25, 0.3) is 0 Å². The Morgan fingerprint density at radius 3 is 2.60 bits per heavy atom. The molecule has 0 atom stereocenters. The van der Waals surface area contributed by atoms with Crippen molar-refractivity contribution in [3.8, 4) is 0 Å². The Morgan fingerprint density at radius 2 is 2.10 bits per heavy atom. The maximum absolute atomic E-state index is 11.0. The van der Waals surface area contributed by atoms with Crippen LogP contribution in [-0.4, -0.2) is 0 Å². The van der Waals surface area contributed by atoms with Gasteiger partial charge < -0.3 is 0 Å². The number of rotatable bonds is 0. The summed E-state index contributed by atoms with van der Waals surface area (Å²) in [5.41, 5.74) is 0.708. The Balaban J connectivity index is 3.46. The number of hydrogen-bond donors (Lipinski definition) is 2. The second kappa shape index (κ2) is 2.98. The van der Waals surface area contributed by atoms with Crippen LogP contribution in [-0.2, 0) is 0 Å². The molecule has 4 heteroatoms. The zero-order valence-corrected chi connectivity index (χ0v) is 7.89. The third-order valence-electron chi connectivity index (χ3n) is 1.15. The third kappa shape index (κ3) is 1.56. The Bertz CT molecular complexity index is 302. The molecule has 10 heavy (non-hydrogen) atoms. The molecular formula is C6H6OS3. The van der Waals surface area contributed by atoms with Gasteiger partial charge in [-0.25, -0.2) is 0 Å². The molecule has 0 spiro atoms. The van der Waals surface area contributed by atoms with E-state index in [1.54, 1.807) is 6.92 Å². The van der Waals surface area contributed by atoms with E-state index in [9.17, 15) is 4.79 Å². The Labute approximate surface area is 73.9 Å². The van der Waals surface area contributed by atoms with E-state index in [1.807, 2.05) is 0 Å². The van der Waals surface area contributed by atoms with Crippen molar-refractivity contribution in [3.63, 3.8) is 0 Å². The van der Waals surface area contributed by atoms with Gasteiger partial charge in [0.2, 0.25) is 0 Å². The van der Waals surface area contributed by atoms with Gasteiger partial charge in [0.1, 0.15) is 0 Å². The molecule has 0 fully saturated rings. The minimum Gasteiger partial charge on any atom is -0.290 e. The third-order valence-corrected chi connectivity index (χ3v) is 2.98. The van der Waals surface area contributed by atoms with E-state index < -0.39 is 0 Å². The van der Waals surface area contributed by atoms with Crippen molar-refractivity contribution in [1.29, 1.82) is 0 Å². The molecule has 0 N–H and O–H groups in total. The summed E-state index contributed by atoms with van der Waals surface area (Å²) in [6.45, 7) is 1.76. The predicted molar refractivity (Wildman–Crippen MR) is 49.8 cm³/mol. The summed E-state index contributed by atoms with van der Waals surface area (Å²) in [5, 5.41) is 0. The lowest BCUT2D eigenvalue weighted by atomic mass is 10.3. The molecule has 0 aromatic carbocycles. The molecule has 54 valence electrons. The molecule has 1 nitrogen and oxygen atoms in total. The van der Waals surface area contributed by atoms with Gasteiger partial charge in [0.15, 0.2) is 5.43 Å². The fourth-order valence-electron chi connectivity index (χ4n) is 0.531. The Kier molecular flexibility index (Phi) is 2.44. The first-order valence-corrected chi connectivity index (χ1v) is 4.35. The quantitative estimate of drug-likeness (QED) is 0.598. The summed E-state index contributed by atoms with van der Waals surface area (Å²) in [4.78, 5) is 11.0. The summed E-state index contributed by atoms with van der Waals surface area (Å²) in [6.07, 6.45) is 0. The van der Waals surface area contributed by atoms with Gasteiger partial charge in [0, 0.05) is 11.6 Å². The molecule has 1 aromatic heterocycles. The van der Waals surface area contributed by atoms with Gasteiger partial charge >= 0.3 is 0 Å². The standard InChI is InChI=1S/C6H6OS3/c1-3-4(7)2-5(8)10-6(3)9/h2,8-9H,1H3. The van der Waals surface area contributed by atoms with Gasteiger partial charge in [-0.3, -0.25) is 4.79 Å². The van der Waals surface area contributed by atoms with Crippen LogP contribution in [0, 0.1) is 6.92 Å². The molecule has 0 aliphatic carbocycles. The van der Waals surface area contributed by atoms with Crippen molar-refractivity contribution in [1.82, 2.24) is 0 Å². The van der Waals surface area contributed by atoms with E-state index in [2.05, 4.69) is 25.3 Å². The van der Waals surface area contributed by atoms with Crippen LogP contribution in [0.3, 0.4) is 0 Å². The van der Waals surface area contributed by atoms with Gasteiger partial charge in [-0.2, -0.15) is 0 Å². The average molecular weight is 190 g/mol. The van der Waals surface area contributed by atoms with Gasteiger partial charge in [-0.05, 0) is 6.92 Å². The average Bonchev–Trinajstić information content (AvgIpc) is 1.82. The zero-order chi connectivity index (χ0) is 7.72. The Hall–Kier alpha value is 0.0700. The predicted octanol–water partition coefficient (Wildman–Crippen LogP) is 1.99. The van der Waals surface area contributed by atoms with Crippen molar-refractivity contribution < 1.29 is 0 Å². The fourth-order valence-corrected chi connectivity index (χ4v) is 2.16. The highest BCUT2D eigenvalue weighted by Crippen LogP contribution is 2.20. The summed E-state index contributed by atoms with van der Waals surface area (Å²) < 4.78 is 1.46. The minimum atomic E-state index is 0.00810. The van der Waals surface area contributed by atoms with E-state index in [-0.39, 0.29) is 5.43 Å². The first-order chi connectivity index (χ1) is 4.61. The molecule has 0 radical (unpaired) electrons. The number of hydrogen-bond acceptors (Lipinski definition) is 4. The topological polar surface area (TPSA) is 17.1 Å². The van der Waals surface area contributed by atoms with Crippen LogP contribution in [0.5, 0.6) is 0 Å². The lowest BCUT2D eigenvalue weighted by Gasteiger charge is -1.94. The smallest absolute Gasteiger partial charge is 0.185 e. The number of thiol groups is 2. The fraction of sp³-hybridized carbons (Fsp3) is 0.167. The maximum atomic E-state index is 11.0. The molecule has 1 rings (SSSR count). The molecule has 1 aromatic rings. The van der Waals surface area contributed by atoms with Crippen molar-refractivity contribution >= 4 is 36.6 Å². The zero-order valence-electron chi connectivity index (χ0n) is 5.29. The normalized spacial score (nSPS) is 9.90. The lowest BCUT2D eigenvalue weighted by Crippen LogP contribution is -2.01. The van der Waals surface area contributed by atoms with Crippen molar-refractivity contribution in [3.05, 3.63) is 21.9 Å². The van der Waals surface area contributed by atoms with E-state index in [0.717, 1.165) is 4.21 Å². The van der Waals surface area contributed by atoms with E-state index >= 15 is 0 Å². The summed E-state index contributed by atoms with van der Waals surface area (Å²) in [7, 11) is 0. The van der Waals surface area contributed by atoms with Crippen LogP contribution in [0.2, 0.25) is 0 Å².